The zero-order chi connectivity index (χ0) is 15.7. The molecule has 0 unspecified atom stereocenters. The summed E-state index contributed by atoms with van der Waals surface area (Å²) in [5.41, 5.74) is 3.76. The summed E-state index contributed by atoms with van der Waals surface area (Å²) >= 11 is 0. The molecule has 114 valence electrons. The van der Waals surface area contributed by atoms with Gasteiger partial charge in [-0.15, -0.1) is 0 Å². The maximum absolute atomic E-state index is 12.3. The summed E-state index contributed by atoms with van der Waals surface area (Å²) in [6.07, 6.45) is 2.45. The van der Waals surface area contributed by atoms with Crippen molar-refractivity contribution in [1.29, 1.82) is 0 Å². The van der Waals surface area contributed by atoms with E-state index in [0.717, 1.165) is 33.6 Å². The van der Waals surface area contributed by atoms with E-state index >= 15 is 0 Å². The van der Waals surface area contributed by atoms with Gasteiger partial charge in [-0.1, -0.05) is 12.1 Å². The number of aryl methyl sites for hydroxylation is 3. The minimum absolute atomic E-state index is 0.186. The summed E-state index contributed by atoms with van der Waals surface area (Å²) in [6, 6.07) is 5.96. The molecular formula is C17H19N3O2. The highest BCUT2D eigenvalue weighted by atomic mass is 16.3. The number of benzene rings is 1. The number of fused-ring (bicyclic) bond motifs is 1. The average Bonchev–Trinajstić information content (AvgIpc) is 3.03. The monoisotopic (exact) mass is 297 g/mol. The van der Waals surface area contributed by atoms with E-state index in [0.29, 0.717) is 18.7 Å². The molecule has 0 saturated carbocycles. The topological polar surface area (TPSA) is 70.9 Å². The van der Waals surface area contributed by atoms with Gasteiger partial charge in [0.1, 0.15) is 11.4 Å². The molecule has 1 amide bonds. The molecule has 0 fully saturated rings. The summed E-state index contributed by atoms with van der Waals surface area (Å²) < 4.78 is 5.71. The Labute approximate surface area is 128 Å². The van der Waals surface area contributed by atoms with Gasteiger partial charge >= 0.3 is 0 Å². The molecule has 0 bridgehead atoms. The van der Waals surface area contributed by atoms with Crippen LogP contribution in [0.5, 0.6) is 0 Å². The first-order valence-corrected chi connectivity index (χ1v) is 7.33. The molecule has 3 aromatic rings. The molecule has 0 spiro atoms. The Morgan fingerprint density at radius 1 is 1.32 bits per heavy atom. The molecule has 2 aromatic heterocycles. The van der Waals surface area contributed by atoms with Crippen LogP contribution in [0, 0.1) is 20.8 Å². The molecule has 0 aliphatic heterocycles. The van der Waals surface area contributed by atoms with E-state index in [1.165, 1.54) is 0 Å². The number of imidazole rings is 1. The fourth-order valence-electron chi connectivity index (χ4n) is 2.52. The molecule has 3 rings (SSSR count). The van der Waals surface area contributed by atoms with Crippen molar-refractivity contribution in [2.45, 2.75) is 27.2 Å². The number of nitrogens with zero attached hydrogens (tertiary/aromatic N) is 1. The van der Waals surface area contributed by atoms with E-state index in [-0.39, 0.29) is 5.91 Å². The van der Waals surface area contributed by atoms with Crippen molar-refractivity contribution in [2.75, 3.05) is 6.54 Å². The first-order valence-electron chi connectivity index (χ1n) is 7.33. The summed E-state index contributed by atoms with van der Waals surface area (Å²) in [6.45, 7) is 6.38. The standard InChI is InChI=1S/C17H19N3O2/c1-10-4-5-13-12(3)16(22-14(13)8-10)17(21)18-7-6-15-19-9-11(2)20-15/h4-5,8-9H,6-7H2,1-3H3,(H,18,21)(H,19,20). The lowest BCUT2D eigenvalue weighted by Gasteiger charge is -2.02. The third-order valence-corrected chi connectivity index (χ3v) is 3.70. The predicted molar refractivity (Wildman–Crippen MR) is 85.0 cm³/mol. The van der Waals surface area contributed by atoms with Crippen molar-refractivity contribution < 1.29 is 9.21 Å². The highest BCUT2D eigenvalue weighted by molar-refractivity contribution is 5.99. The van der Waals surface area contributed by atoms with Gasteiger partial charge in [-0.25, -0.2) is 4.98 Å². The first kappa shape index (κ1) is 14.4. The zero-order valence-electron chi connectivity index (χ0n) is 13.0. The second-order valence-corrected chi connectivity index (χ2v) is 5.57. The van der Waals surface area contributed by atoms with Crippen LogP contribution in [0.2, 0.25) is 0 Å². The van der Waals surface area contributed by atoms with Crippen molar-refractivity contribution in [3.63, 3.8) is 0 Å². The van der Waals surface area contributed by atoms with Crippen LogP contribution < -0.4 is 5.32 Å². The van der Waals surface area contributed by atoms with Crippen LogP contribution in [0.4, 0.5) is 0 Å². The van der Waals surface area contributed by atoms with Gasteiger partial charge in [0.15, 0.2) is 5.76 Å². The normalized spacial score (nSPS) is 11.0. The molecule has 2 heterocycles. The minimum Gasteiger partial charge on any atom is -0.451 e. The maximum atomic E-state index is 12.3. The van der Waals surface area contributed by atoms with Crippen LogP contribution in [0.1, 0.15) is 33.2 Å². The molecule has 5 heteroatoms. The number of aromatic nitrogens is 2. The van der Waals surface area contributed by atoms with Crippen molar-refractivity contribution in [2.24, 2.45) is 0 Å². The Morgan fingerprint density at radius 3 is 2.86 bits per heavy atom. The maximum Gasteiger partial charge on any atom is 0.287 e. The number of aromatic amines is 1. The number of furan rings is 1. The Balaban J connectivity index is 1.70. The Morgan fingerprint density at radius 2 is 2.14 bits per heavy atom. The van der Waals surface area contributed by atoms with Crippen LogP contribution in [0.25, 0.3) is 11.0 Å². The first-order chi connectivity index (χ1) is 10.5. The average molecular weight is 297 g/mol. The molecule has 0 aliphatic rings. The second kappa shape index (κ2) is 5.67. The minimum atomic E-state index is -0.186. The fraction of sp³-hybridized carbons (Fsp3) is 0.294. The van der Waals surface area contributed by atoms with Gasteiger partial charge in [0.2, 0.25) is 0 Å². The predicted octanol–water partition coefficient (Wildman–Crippen LogP) is 3.05. The third kappa shape index (κ3) is 2.74. The largest absolute Gasteiger partial charge is 0.451 e. The number of carbonyl (C=O) groups excluding carboxylic acids is 1. The molecule has 0 atom stereocenters. The van der Waals surface area contributed by atoms with Crippen LogP contribution in [0.15, 0.2) is 28.8 Å². The van der Waals surface area contributed by atoms with E-state index < -0.39 is 0 Å². The van der Waals surface area contributed by atoms with Crippen molar-refractivity contribution in [3.05, 3.63) is 52.8 Å². The van der Waals surface area contributed by atoms with Crippen LogP contribution in [-0.2, 0) is 6.42 Å². The number of nitrogens with one attached hydrogen (secondary N) is 2. The Hall–Kier alpha value is -2.56. The van der Waals surface area contributed by atoms with E-state index in [1.54, 1.807) is 6.20 Å². The van der Waals surface area contributed by atoms with Crippen LogP contribution in [0.3, 0.4) is 0 Å². The van der Waals surface area contributed by atoms with Crippen molar-refractivity contribution in [3.8, 4) is 0 Å². The van der Waals surface area contributed by atoms with Gasteiger partial charge in [-0.2, -0.15) is 0 Å². The highest BCUT2D eigenvalue weighted by Crippen LogP contribution is 2.25. The van der Waals surface area contributed by atoms with Gasteiger partial charge in [0, 0.05) is 35.8 Å². The third-order valence-electron chi connectivity index (χ3n) is 3.70. The molecular weight excluding hydrogens is 278 g/mol. The Kier molecular flexibility index (Phi) is 3.71. The Bertz CT molecular complexity index is 830. The molecule has 2 N–H and O–H groups in total. The van der Waals surface area contributed by atoms with Gasteiger partial charge in [-0.3, -0.25) is 4.79 Å². The highest BCUT2D eigenvalue weighted by Gasteiger charge is 2.17. The van der Waals surface area contributed by atoms with Crippen LogP contribution >= 0.6 is 0 Å². The lowest BCUT2D eigenvalue weighted by molar-refractivity contribution is 0.0927. The number of carbonyl (C=O) groups is 1. The van der Waals surface area contributed by atoms with E-state index in [9.17, 15) is 4.79 Å². The molecule has 5 nitrogen and oxygen atoms in total. The van der Waals surface area contributed by atoms with Crippen molar-refractivity contribution in [1.82, 2.24) is 15.3 Å². The van der Waals surface area contributed by atoms with Crippen LogP contribution in [-0.4, -0.2) is 22.4 Å². The number of hydrogen-bond acceptors (Lipinski definition) is 3. The summed E-state index contributed by atoms with van der Waals surface area (Å²) in [5, 5.41) is 3.86. The summed E-state index contributed by atoms with van der Waals surface area (Å²) in [7, 11) is 0. The molecule has 1 aromatic carbocycles. The SMILES string of the molecule is Cc1ccc2c(C)c(C(=O)NCCc3ncc(C)[nH]3)oc2c1. The smallest absolute Gasteiger partial charge is 0.287 e. The quantitative estimate of drug-likeness (QED) is 0.777. The fourth-order valence-corrected chi connectivity index (χ4v) is 2.52. The van der Waals surface area contributed by atoms with Gasteiger partial charge in [0.25, 0.3) is 5.91 Å². The number of hydrogen-bond donors (Lipinski definition) is 2. The van der Waals surface area contributed by atoms with E-state index in [4.69, 9.17) is 4.42 Å². The lowest BCUT2D eigenvalue weighted by Crippen LogP contribution is -2.26. The number of rotatable bonds is 4. The summed E-state index contributed by atoms with van der Waals surface area (Å²) in [4.78, 5) is 19.6. The molecule has 0 radical (unpaired) electrons. The van der Waals surface area contributed by atoms with E-state index in [1.807, 2.05) is 39.0 Å². The molecule has 0 saturated heterocycles. The zero-order valence-corrected chi connectivity index (χ0v) is 13.0. The van der Waals surface area contributed by atoms with Gasteiger partial charge in [-0.05, 0) is 32.4 Å². The molecule has 0 aliphatic carbocycles. The second-order valence-electron chi connectivity index (χ2n) is 5.57. The van der Waals surface area contributed by atoms with Crippen molar-refractivity contribution >= 4 is 16.9 Å². The van der Waals surface area contributed by atoms with Gasteiger partial charge < -0.3 is 14.7 Å². The number of H-pyrrole nitrogens is 1. The number of amides is 1. The summed E-state index contributed by atoms with van der Waals surface area (Å²) in [5.74, 6) is 1.07. The molecule has 22 heavy (non-hydrogen) atoms. The van der Waals surface area contributed by atoms with Gasteiger partial charge in [0.05, 0.1) is 0 Å². The lowest BCUT2D eigenvalue weighted by atomic mass is 10.1. The van der Waals surface area contributed by atoms with E-state index in [2.05, 4.69) is 15.3 Å².